The van der Waals surface area contributed by atoms with Gasteiger partial charge in [-0.15, -0.1) is 11.3 Å². The van der Waals surface area contributed by atoms with E-state index in [1.807, 2.05) is 11.8 Å². The Morgan fingerprint density at radius 2 is 1.97 bits per heavy atom. The van der Waals surface area contributed by atoms with Crippen LogP contribution < -0.4 is 10.2 Å². The molecular weight excluding hydrogens is 410 g/mol. The van der Waals surface area contributed by atoms with E-state index >= 15 is 0 Å². The molecule has 1 aromatic carbocycles. The first-order chi connectivity index (χ1) is 14.4. The molecule has 1 aromatic heterocycles. The maximum atomic E-state index is 13.1. The maximum Gasteiger partial charge on any atom is 0.341 e. The molecule has 0 aliphatic carbocycles. The van der Waals surface area contributed by atoms with Gasteiger partial charge in [-0.1, -0.05) is 6.92 Å². The Labute approximate surface area is 177 Å². The Bertz CT molecular complexity index is 952. The number of nitrogens with one attached hydrogen (secondary N) is 1. The Kier molecular flexibility index (Phi) is 7.01. The average molecular weight is 433 g/mol. The molecule has 0 saturated carbocycles. The summed E-state index contributed by atoms with van der Waals surface area (Å²) in [5.41, 5.74) is 0.868. The number of benzene rings is 1. The Morgan fingerprint density at radius 1 is 1.23 bits per heavy atom. The van der Waals surface area contributed by atoms with Gasteiger partial charge in [0, 0.05) is 30.1 Å². The van der Waals surface area contributed by atoms with E-state index in [0.29, 0.717) is 43.4 Å². The third-order valence-corrected chi connectivity index (χ3v) is 5.84. The number of non-ortho nitro benzene ring substituents is 1. The van der Waals surface area contributed by atoms with Gasteiger partial charge in [0.25, 0.3) is 11.6 Å². The van der Waals surface area contributed by atoms with Crippen LogP contribution in [0, 0.1) is 10.1 Å². The van der Waals surface area contributed by atoms with E-state index in [4.69, 9.17) is 9.47 Å². The zero-order valence-corrected chi connectivity index (χ0v) is 17.6. The van der Waals surface area contributed by atoms with Crippen molar-refractivity contribution in [3.63, 3.8) is 0 Å². The fraction of sp³-hybridized carbons (Fsp3) is 0.400. The van der Waals surface area contributed by atoms with Gasteiger partial charge in [0.2, 0.25) is 0 Å². The van der Waals surface area contributed by atoms with E-state index in [0.717, 1.165) is 4.88 Å². The van der Waals surface area contributed by atoms with Crippen LogP contribution in [0.1, 0.15) is 39.4 Å². The van der Waals surface area contributed by atoms with Gasteiger partial charge in [-0.2, -0.15) is 0 Å². The number of anilines is 2. The molecule has 0 atom stereocenters. The predicted octanol–water partition coefficient (Wildman–Crippen LogP) is 3.48. The summed E-state index contributed by atoms with van der Waals surface area (Å²) in [5, 5.41) is 14.4. The molecule has 1 amide bonds. The molecule has 0 bridgehead atoms. The van der Waals surface area contributed by atoms with Crippen molar-refractivity contribution in [1.82, 2.24) is 0 Å². The molecule has 160 valence electrons. The number of morpholine rings is 1. The molecule has 1 saturated heterocycles. The SMILES string of the molecule is CCOC(=O)c1cc(CC)sc1NC(=O)c1cc([N+](=O)[O-])ccc1N1CCOCC1. The van der Waals surface area contributed by atoms with Crippen molar-refractivity contribution < 1.29 is 24.0 Å². The largest absolute Gasteiger partial charge is 0.462 e. The van der Waals surface area contributed by atoms with Crippen LogP contribution in [0.25, 0.3) is 0 Å². The lowest BCUT2D eigenvalue weighted by atomic mass is 10.1. The van der Waals surface area contributed by atoms with Gasteiger partial charge in [0.15, 0.2) is 0 Å². The molecule has 2 heterocycles. The summed E-state index contributed by atoms with van der Waals surface area (Å²) < 4.78 is 10.4. The number of ether oxygens (including phenoxy) is 2. The number of carbonyl (C=O) groups excluding carboxylic acids is 2. The quantitative estimate of drug-likeness (QED) is 0.404. The summed E-state index contributed by atoms with van der Waals surface area (Å²) >= 11 is 1.29. The first-order valence-electron chi connectivity index (χ1n) is 9.66. The third kappa shape index (κ3) is 4.77. The molecule has 1 fully saturated rings. The van der Waals surface area contributed by atoms with Crippen LogP contribution >= 0.6 is 11.3 Å². The lowest BCUT2D eigenvalue weighted by Gasteiger charge is -2.30. The highest BCUT2D eigenvalue weighted by atomic mass is 32.1. The number of esters is 1. The van der Waals surface area contributed by atoms with Gasteiger partial charge in [0.1, 0.15) is 5.00 Å². The first-order valence-corrected chi connectivity index (χ1v) is 10.5. The van der Waals surface area contributed by atoms with Crippen LogP contribution in [-0.4, -0.2) is 49.7 Å². The van der Waals surface area contributed by atoms with E-state index in [-0.39, 0.29) is 23.4 Å². The zero-order chi connectivity index (χ0) is 21.7. The second-order valence-electron chi connectivity index (χ2n) is 6.54. The van der Waals surface area contributed by atoms with Crippen molar-refractivity contribution in [2.45, 2.75) is 20.3 Å². The molecule has 10 heteroatoms. The number of rotatable bonds is 7. The summed E-state index contributed by atoms with van der Waals surface area (Å²) in [5.74, 6) is -1.04. The molecule has 0 spiro atoms. The summed E-state index contributed by atoms with van der Waals surface area (Å²) in [7, 11) is 0. The number of aryl methyl sites for hydroxylation is 1. The minimum Gasteiger partial charge on any atom is -0.462 e. The molecule has 30 heavy (non-hydrogen) atoms. The Balaban J connectivity index is 1.96. The lowest BCUT2D eigenvalue weighted by molar-refractivity contribution is -0.384. The Hall–Kier alpha value is -2.98. The minimum atomic E-state index is -0.537. The zero-order valence-electron chi connectivity index (χ0n) is 16.8. The van der Waals surface area contributed by atoms with Crippen molar-refractivity contribution in [2.24, 2.45) is 0 Å². The smallest absolute Gasteiger partial charge is 0.341 e. The Morgan fingerprint density at radius 3 is 2.60 bits per heavy atom. The average Bonchev–Trinajstić information content (AvgIpc) is 3.17. The molecule has 1 aliphatic heterocycles. The maximum absolute atomic E-state index is 13.1. The normalized spacial score (nSPS) is 13.7. The summed E-state index contributed by atoms with van der Waals surface area (Å²) in [6.07, 6.45) is 0.697. The molecular formula is C20H23N3O6S. The lowest BCUT2D eigenvalue weighted by Crippen LogP contribution is -2.37. The van der Waals surface area contributed by atoms with Crippen LogP contribution in [-0.2, 0) is 15.9 Å². The predicted molar refractivity (Wildman–Crippen MR) is 114 cm³/mol. The van der Waals surface area contributed by atoms with Crippen LogP contribution in [0.5, 0.6) is 0 Å². The highest BCUT2D eigenvalue weighted by molar-refractivity contribution is 7.16. The summed E-state index contributed by atoms with van der Waals surface area (Å²) in [6, 6.07) is 5.93. The number of hydrogen-bond acceptors (Lipinski definition) is 8. The van der Waals surface area contributed by atoms with E-state index in [9.17, 15) is 19.7 Å². The topological polar surface area (TPSA) is 111 Å². The highest BCUT2D eigenvalue weighted by Gasteiger charge is 2.24. The number of hydrogen-bond donors (Lipinski definition) is 1. The summed E-state index contributed by atoms with van der Waals surface area (Å²) in [4.78, 5) is 39.0. The molecule has 2 aromatic rings. The molecule has 3 rings (SSSR count). The van der Waals surface area contributed by atoms with Gasteiger partial charge in [0.05, 0.1) is 41.6 Å². The molecule has 9 nitrogen and oxygen atoms in total. The van der Waals surface area contributed by atoms with Crippen LogP contribution in [0.4, 0.5) is 16.4 Å². The number of nitro groups is 1. The van der Waals surface area contributed by atoms with Crippen molar-refractivity contribution in [3.8, 4) is 0 Å². The number of carbonyl (C=O) groups is 2. The number of nitro benzene ring substituents is 1. The number of amides is 1. The van der Waals surface area contributed by atoms with Gasteiger partial charge < -0.3 is 19.7 Å². The fourth-order valence-electron chi connectivity index (χ4n) is 3.14. The molecule has 0 radical (unpaired) electrons. The van der Waals surface area contributed by atoms with E-state index in [2.05, 4.69) is 5.32 Å². The second kappa shape index (κ2) is 9.68. The second-order valence-corrected chi connectivity index (χ2v) is 7.68. The minimum absolute atomic E-state index is 0.173. The molecule has 0 unspecified atom stereocenters. The number of thiophene rings is 1. The molecule has 1 N–H and O–H groups in total. The molecule has 1 aliphatic rings. The van der Waals surface area contributed by atoms with Gasteiger partial charge in [-0.05, 0) is 25.5 Å². The van der Waals surface area contributed by atoms with Crippen molar-refractivity contribution in [3.05, 3.63) is 50.4 Å². The first kappa shape index (κ1) is 21.7. The number of nitrogens with zero attached hydrogens (tertiary/aromatic N) is 2. The van der Waals surface area contributed by atoms with E-state index in [1.54, 1.807) is 19.1 Å². The third-order valence-electron chi connectivity index (χ3n) is 4.64. The van der Waals surface area contributed by atoms with Crippen LogP contribution in [0.15, 0.2) is 24.3 Å². The van der Waals surface area contributed by atoms with E-state index in [1.165, 1.54) is 23.5 Å². The van der Waals surface area contributed by atoms with Crippen molar-refractivity contribution >= 4 is 39.6 Å². The fourth-order valence-corrected chi connectivity index (χ4v) is 4.12. The van der Waals surface area contributed by atoms with Gasteiger partial charge >= 0.3 is 5.97 Å². The monoisotopic (exact) mass is 433 g/mol. The van der Waals surface area contributed by atoms with Crippen LogP contribution in [0.2, 0.25) is 0 Å². The van der Waals surface area contributed by atoms with Crippen molar-refractivity contribution in [1.29, 1.82) is 0 Å². The van der Waals surface area contributed by atoms with E-state index < -0.39 is 16.8 Å². The van der Waals surface area contributed by atoms with Gasteiger partial charge in [-0.25, -0.2) is 4.79 Å². The highest BCUT2D eigenvalue weighted by Crippen LogP contribution is 2.32. The van der Waals surface area contributed by atoms with Gasteiger partial charge in [-0.3, -0.25) is 14.9 Å². The van der Waals surface area contributed by atoms with Crippen LogP contribution in [0.3, 0.4) is 0 Å². The standard InChI is InChI=1S/C20H23N3O6S/c1-3-14-12-16(20(25)29-4-2)19(30-14)21-18(24)15-11-13(23(26)27)5-6-17(15)22-7-9-28-10-8-22/h5-6,11-12H,3-4,7-10H2,1-2H3,(H,21,24). The van der Waals surface area contributed by atoms with Crippen molar-refractivity contribution in [2.75, 3.05) is 43.1 Å². The summed E-state index contributed by atoms with van der Waals surface area (Å²) in [6.45, 7) is 6.04.